The Morgan fingerprint density at radius 2 is 2.02 bits per heavy atom. The summed E-state index contributed by atoms with van der Waals surface area (Å²) in [6.45, 7) is 1.01. The molecule has 1 aliphatic heterocycles. The van der Waals surface area contributed by atoms with Gasteiger partial charge in [0.1, 0.15) is 23.7 Å². The van der Waals surface area contributed by atoms with E-state index in [0.29, 0.717) is 22.6 Å². The second-order valence-electron chi connectivity index (χ2n) is 10.5. The van der Waals surface area contributed by atoms with Gasteiger partial charge >= 0.3 is 0 Å². The summed E-state index contributed by atoms with van der Waals surface area (Å²) < 4.78 is 44.6. The van der Waals surface area contributed by atoms with Crippen molar-refractivity contribution < 1.29 is 33.0 Å². The number of aliphatic hydroxyl groups is 2. The summed E-state index contributed by atoms with van der Waals surface area (Å²) in [5.41, 5.74) is -0.0621. The number of hydrogen-bond acceptors (Lipinski definition) is 7. The summed E-state index contributed by atoms with van der Waals surface area (Å²) in [6, 6.07) is 7.20. The summed E-state index contributed by atoms with van der Waals surface area (Å²) in [7, 11) is 0. The minimum atomic E-state index is -1.42. The number of fused-ring (bicyclic) bond motifs is 1. The minimum absolute atomic E-state index is 0.0126. The summed E-state index contributed by atoms with van der Waals surface area (Å²) in [5.74, 6) is -3.28. The highest BCUT2D eigenvalue weighted by Gasteiger charge is 2.38. The third-order valence-corrected chi connectivity index (χ3v) is 7.95. The van der Waals surface area contributed by atoms with Gasteiger partial charge < -0.3 is 25.7 Å². The van der Waals surface area contributed by atoms with Gasteiger partial charge in [-0.25, -0.2) is 23.1 Å². The first-order valence-corrected chi connectivity index (χ1v) is 13.9. The standard InChI is InChI=1S/C29H29ClF3N5O4/c1-14(27(41)36-22(13-39)15-3-2-4-17(30)9-15)38-12-16-5-7-19(25(33)24(16)28(38)42)26-21(32)11-34-29(37-26)35-18-6-8-23(40)20(31)10-18/h2-5,7,9,11,14,18,20,22-23,39-40H,6,8,10,12-13H2,1H3,(H,36,41)(H,34,35,37)/t14-,18?,20?,22-,23?/m1/s1. The topological polar surface area (TPSA) is 128 Å². The van der Waals surface area contributed by atoms with Gasteiger partial charge in [-0.2, -0.15) is 0 Å². The largest absolute Gasteiger partial charge is 0.394 e. The van der Waals surface area contributed by atoms with E-state index in [1.165, 1.54) is 24.0 Å². The Labute approximate surface area is 244 Å². The van der Waals surface area contributed by atoms with Gasteiger partial charge in [0.2, 0.25) is 11.9 Å². The third-order valence-electron chi connectivity index (χ3n) is 7.71. The lowest BCUT2D eigenvalue weighted by molar-refractivity contribution is -0.126. The van der Waals surface area contributed by atoms with E-state index in [9.17, 15) is 28.6 Å². The van der Waals surface area contributed by atoms with Gasteiger partial charge in [0.05, 0.1) is 30.5 Å². The lowest BCUT2D eigenvalue weighted by Gasteiger charge is -2.29. The van der Waals surface area contributed by atoms with Crippen LogP contribution in [0.3, 0.4) is 0 Å². The van der Waals surface area contributed by atoms with Crippen LogP contribution in [0.2, 0.25) is 5.02 Å². The first-order chi connectivity index (χ1) is 20.1. The number of benzene rings is 2. The Bertz CT molecular complexity index is 1510. The molecule has 5 atom stereocenters. The Morgan fingerprint density at radius 3 is 2.74 bits per heavy atom. The molecule has 1 aliphatic carbocycles. The molecule has 2 amide bonds. The predicted molar refractivity (Wildman–Crippen MR) is 148 cm³/mol. The minimum Gasteiger partial charge on any atom is -0.394 e. The number of aromatic nitrogens is 2. The average molecular weight is 604 g/mol. The Kier molecular flexibility index (Phi) is 8.67. The molecule has 0 saturated heterocycles. The zero-order chi connectivity index (χ0) is 30.1. The third kappa shape index (κ3) is 5.92. The maximum atomic E-state index is 15.8. The molecule has 0 radical (unpaired) electrons. The van der Waals surface area contributed by atoms with Crippen LogP contribution >= 0.6 is 11.6 Å². The molecule has 2 aliphatic rings. The maximum Gasteiger partial charge on any atom is 0.258 e. The van der Waals surface area contributed by atoms with Crippen molar-refractivity contribution in [2.45, 2.75) is 63.1 Å². The Morgan fingerprint density at radius 1 is 1.24 bits per heavy atom. The molecule has 0 spiro atoms. The molecule has 9 nitrogen and oxygen atoms in total. The number of carbonyl (C=O) groups is 2. The second kappa shape index (κ2) is 12.2. The van der Waals surface area contributed by atoms with Crippen LogP contribution < -0.4 is 10.6 Å². The Balaban J connectivity index is 1.34. The van der Waals surface area contributed by atoms with Crippen molar-refractivity contribution in [3.8, 4) is 11.3 Å². The SMILES string of the molecule is C[C@H](C(=O)N[C@H](CO)c1cccc(Cl)c1)N1Cc2ccc(-c3nc(NC4CCC(O)C(F)C4)ncc3F)c(F)c2C1=O. The smallest absolute Gasteiger partial charge is 0.258 e. The number of nitrogens with one attached hydrogen (secondary N) is 2. The van der Waals surface area contributed by atoms with Crippen LogP contribution in [0.15, 0.2) is 42.6 Å². The van der Waals surface area contributed by atoms with E-state index in [1.807, 2.05) is 0 Å². The summed E-state index contributed by atoms with van der Waals surface area (Å²) in [5, 5.41) is 25.5. The molecule has 0 bridgehead atoms. The number of hydrogen-bond donors (Lipinski definition) is 4. The highest BCUT2D eigenvalue weighted by atomic mass is 35.5. The van der Waals surface area contributed by atoms with Crippen molar-refractivity contribution in [1.29, 1.82) is 0 Å². The molecule has 1 saturated carbocycles. The van der Waals surface area contributed by atoms with Gasteiger partial charge in [-0.15, -0.1) is 0 Å². The highest BCUT2D eigenvalue weighted by molar-refractivity contribution is 6.30. The molecule has 3 aromatic rings. The van der Waals surface area contributed by atoms with Crippen molar-refractivity contribution in [3.05, 3.63) is 75.9 Å². The molecule has 5 rings (SSSR count). The lowest BCUT2D eigenvalue weighted by atomic mass is 9.91. The number of alkyl halides is 1. The van der Waals surface area contributed by atoms with E-state index in [2.05, 4.69) is 20.6 Å². The van der Waals surface area contributed by atoms with Gasteiger partial charge in [0.25, 0.3) is 5.91 Å². The first kappa shape index (κ1) is 29.7. The number of amides is 2. The van der Waals surface area contributed by atoms with E-state index in [4.69, 9.17) is 11.6 Å². The van der Waals surface area contributed by atoms with Gasteiger partial charge in [0.15, 0.2) is 5.82 Å². The number of nitrogens with zero attached hydrogens (tertiary/aromatic N) is 3. The number of halogens is 4. The Hall–Kier alpha value is -3.74. The van der Waals surface area contributed by atoms with Gasteiger partial charge in [-0.3, -0.25) is 9.59 Å². The van der Waals surface area contributed by atoms with Crippen molar-refractivity contribution in [2.75, 3.05) is 11.9 Å². The highest BCUT2D eigenvalue weighted by Crippen LogP contribution is 2.34. The van der Waals surface area contributed by atoms with Crippen LogP contribution in [-0.4, -0.2) is 67.9 Å². The summed E-state index contributed by atoms with van der Waals surface area (Å²) in [4.78, 5) is 35.6. The second-order valence-corrected chi connectivity index (χ2v) is 10.9. The zero-order valence-corrected chi connectivity index (χ0v) is 23.3. The summed E-state index contributed by atoms with van der Waals surface area (Å²) >= 11 is 6.02. The van der Waals surface area contributed by atoms with Crippen molar-refractivity contribution >= 4 is 29.4 Å². The first-order valence-electron chi connectivity index (χ1n) is 13.5. The monoisotopic (exact) mass is 603 g/mol. The van der Waals surface area contributed by atoms with Crippen molar-refractivity contribution in [1.82, 2.24) is 20.2 Å². The van der Waals surface area contributed by atoms with Gasteiger partial charge in [0, 0.05) is 29.6 Å². The van der Waals surface area contributed by atoms with Crippen LogP contribution in [-0.2, 0) is 11.3 Å². The van der Waals surface area contributed by atoms with Gasteiger partial charge in [-0.05, 0) is 49.1 Å². The van der Waals surface area contributed by atoms with E-state index < -0.39 is 60.5 Å². The molecule has 1 fully saturated rings. The van der Waals surface area contributed by atoms with E-state index in [-0.39, 0.29) is 42.2 Å². The molecule has 42 heavy (non-hydrogen) atoms. The van der Waals surface area contributed by atoms with E-state index in [0.717, 1.165) is 6.20 Å². The number of carbonyl (C=O) groups excluding carboxylic acids is 2. The predicted octanol–water partition coefficient (Wildman–Crippen LogP) is 3.93. The fraction of sp³-hybridized carbons (Fsp3) is 0.379. The molecular formula is C29H29ClF3N5O4. The van der Waals surface area contributed by atoms with E-state index >= 15 is 4.39 Å². The molecule has 1 aromatic heterocycles. The van der Waals surface area contributed by atoms with Crippen molar-refractivity contribution in [3.63, 3.8) is 0 Å². The van der Waals surface area contributed by atoms with Crippen LogP contribution in [0, 0.1) is 11.6 Å². The molecular weight excluding hydrogens is 575 g/mol. The molecule has 13 heteroatoms. The van der Waals surface area contributed by atoms with Crippen LogP contribution in [0.5, 0.6) is 0 Å². The summed E-state index contributed by atoms with van der Waals surface area (Å²) in [6.07, 6.45) is -0.909. The number of rotatable bonds is 8. The molecule has 2 aromatic carbocycles. The number of anilines is 1. The van der Waals surface area contributed by atoms with Crippen LogP contribution in [0.25, 0.3) is 11.3 Å². The molecule has 222 valence electrons. The van der Waals surface area contributed by atoms with E-state index in [1.54, 1.807) is 24.3 Å². The quantitative estimate of drug-likeness (QED) is 0.307. The van der Waals surface area contributed by atoms with Crippen LogP contribution in [0.4, 0.5) is 19.1 Å². The normalized spacial score (nSPS) is 21.5. The fourth-order valence-electron chi connectivity index (χ4n) is 5.30. The number of aliphatic hydroxyl groups excluding tert-OH is 2. The molecule has 2 heterocycles. The zero-order valence-electron chi connectivity index (χ0n) is 22.5. The average Bonchev–Trinajstić information content (AvgIpc) is 3.31. The molecule has 4 N–H and O–H groups in total. The lowest BCUT2D eigenvalue weighted by Crippen LogP contribution is -2.46. The fourth-order valence-corrected chi connectivity index (χ4v) is 5.50. The molecule has 3 unspecified atom stereocenters. The van der Waals surface area contributed by atoms with Gasteiger partial charge in [-0.1, -0.05) is 29.8 Å². The van der Waals surface area contributed by atoms with Crippen molar-refractivity contribution in [2.24, 2.45) is 0 Å². The maximum absolute atomic E-state index is 15.8. The van der Waals surface area contributed by atoms with Crippen LogP contribution in [0.1, 0.15) is 53.7 Å².